The molecule has 0 aliphatic heterocycles. The van der Waals surface area contributed by atoms with Gasteiger partial charge in [-0.15, -0.1) is 0 Å². The number of carboxylic acids is 1. The lowest BCUT2D eigenvalue weighted by atomic mass is 9.94. The molecule has 0 atom stereocenters. The monoisotopic (exact) mass is 648 g/mol. The van der Waals surface area contributed by atoms with Crippen LogP contribution in [0.3, 0.4) is 0 Å². The van der Waals surface area contributed by atoms with Crippen LogP contribution in [0.25, 0.3) is 27.8 Å². The summed E-state index contributed by atoms with van der Waals surface area (Å²) in [6.07, 6.45) is 2.02. The van der Waals surface area contributed by atoms with Gasteiger partial charge < -0.3 is 14.6 Å². The van der Waals surface area contributed by atoms with E-state index >= 15 is 0 Å². The summed E-state index contributed by atoms with van der Waals surface area (Å²) in [7, 11) is 0. The first-order valence-electron chi connectivity index (χ1n) is 13.1. The molecule has 0 spiro atoms. The van der Waals surface area contributed by atoms with Gasteiger partial charge in [0.05, 0.1) is 0 Å². The number of hydrogen-bond donors (Lipinski definition) is 1. The lowest BCUT2D eigenvalue weighted by Gasteiger charge is -2.13. The van der Waals surface area contributed by atoms with E-state index in [-0.39, 0.29) is 0 Å². The zero-order valence-corrected chi connectivity index (χ0v) is 25.6. The molecule has 5 aromatic rings. The topological polar surface area (TPSA) is 55.8 Å². The molecular formula is C35H24Cl4O4. The summed E-state index contributed by atoms with van der Waals surface area (Å²) in [6.45, 7) is -0.111. The van der Waals surface area contributed by atoms with E-state index in [1.54, 1.807) is 36.4 Å². The molecule has 0 saturated heterocycles. The van der Waals surface area contributed by atoms with Gasteiger partial charge in [-0.3, -0.25) is 0 Å². The zero-order valence-electron chi connectivity index (χ0n) is 22.6. The first-order chi connectivity index (χ1) is 20.7. The fourth-order valence-electron chi connectivity index (χ4n) is 4.53. The number of benzene rings is 5. The lowest BCUT2D eigenvalue weighted by molar-refractivity contribution is -0.139. The van der Waals surface area contributed by atoms with E-state index in [2.05, 4.69) is 24.3 Å². The van der Waals surface area contributed by atoms with Gasteiger partial charge >= 0.3 is 5.97 Å². The average Bonchev–Trinajstić information content (AvgIpc) is 2.98. The van der Waals surface area contributed by atoms with Gasteiger partial charge in [-0.05, 0) is 106 Å². The van der Waals surface area contributed by atoms with Gasteiger partial charge in [0.2, 0.25) is 0 Å². The summed E-state index contributed by atoms with van der Waals surface area (Å²) < 4.78 is 11.2. The van der Waals surface area contributed by atoms with E-state index < -0.39 is 12.6 Å². The van der Waals surface area contributed by atoms with Crippen LogP contribution < -0.4 is 9.47 Å². The second kappa shape index (κ2) is 14.0. The average molecular weight is 650 g/mol. The molecule has 1 N–H and O–H groups in total. The number of ether oxygens (including phenoxy) is 2. The SMILES string of the molecule is O=C(O)COc1ccc(OCC=C(c2ccc(-c3cc(Cl)cc(Cl)c3)cc2)c2ccc(-c3cc(Cl)cc(Cl)c3)cc2)cc1. The molecule has 0 radical (unpaired) electrons. The van der Waals surface area contributed by atoms with Crippen LogP contribution in [-0.2, 0) is 4.79 Å². The van der Waals surface area contributed by atoms with Crippen LogP contribution in [0.4, 0.5) is 0 Å². The van der Waals surface area contributed by atoms with E-state index in [4.69, 9.17) is 61.0 Å². The smallest absolute Gasteiger partial charge is 0.341 e. The molecule has 216 valence electrons. The molecule has 0 fully saturated rings. The highest BCUT2D eigenvalue weighted by Crippen LogP contribution is 2.32. The van der Waals surface area contributed by atoms with Crippen LogP contribution >= 0.6 is 46.4 Å². The van der Waals surface area contributed by atoms with Gasteiger partial charge in [0.15, 0.2) is 6.61 Å². The van der Waals surface area contributed by atoms with Crippen molar-refractivity contribution in [2.45, 2.75) is 0 Å². The molecule has 0 aromatic heterocycles. The Kier molecular flexibility index (Phi) is 9.96. The Morgan fingerprint density at radius 2 is 0.953 bits per heavy atom. The molecule has 0 aliphatic carbocycles. The molecule has 0 amide bonds. The maximum absolute atomic E-state index is 10.7. The number of rotatable bonds is 10. The fourth-order valence-corrected chi connectivity index (χ4v) is 5.58. The molecule has 8 heteroatoms. The quantitative estimate of drug-likeness (QED) is 0.163. The van der Waals surface area contributed by atoms with E-state index in [0.717, 1.165) is 39.0 Å². The van der Waals surface area contributed by atoms with Crippen molar-refractivity contribution in [2.24, 2.45) is 0 Å². The highest BCUT2D eigenvalue weighted by molar-refractivity contribution is 6.35. The molecule has 0 saturated carbocycles. The summed E-state index contributed by atoms with van der Waals surface area (Å²) in [5.41, 5.74) is 6.81. The molecular weight excluding hydrogens is 626 g/mol. The Morgan fingerprint density at radius 3 is 1.35 bits per heavy atom. The number of carbonyl (C=O) groups is 1. The molecule has 0 aliphatic rings. The highest BCUT2D eigenvalue weighted by Gasteiger charge is 2.10. The van der Waals surface area contributed by atoms with Gasteiger partial charge in [0, 0.05) is 20.1 Å². The number of hydrogen-bond acceptors (Lipinski definition) is 3. The number of aliphatic carboxylic acids is 1. The van der Waals surface area contributed by atoms with E-state index in [1.165, 1.54) is 0 Å². The Morgan fingerprint density at radius 1 is 0.558 bits per heavy atom. The Balaban J connectivity index is 1.42. The standard InChI is InChI=1S/C35H24Cl4O4/c36-28-15-26(16-29(37)19-28)22-1-5-24(6-2-22)34(13-14-42-32-9-11-33(12-10-32)43-21-35(40)41)25-7-3-23(4-8-25)27-17-30(38)20-31(39)18-27/h1-13,15-20H,14,21H2,(H,40,41). The van der Waals surface area contributed by atoms with Crippen LogP contribution in [0.1, 0.15) is 11.1 Å². The number of carboxylic acid groups (broad SMARTS) is 1. The van der Waals surface area contributed by atoms with Crippen molar-refractivity contribution in [1.82, 2.24) is 0 Å². The Hall–Kier alpha value is -3.93. The maximum atomic E-state index is 10.7. The normalized spacial score (nSPS) is 10.7. The van der Waals surface area contributed by atoms with Crippen molar-refractivity contribution in [3.8, 4) is 33.8 Å². The van der Waals surface area contributed by atoms with Crippen molar-refractivity contribution >= 4 is 57.9 Å². The van der Waals surface area contributed by atoms with Crippen molar-refractivity contribution in [3.05, 3.63) is 146 Å². The third-order valence-electron chi connectivity index (χ3n) is 6.51. The first-order valence-corrected chi connectivity index (χ1v) is 14.7. The van der Waals surface area contributed by atoms with Crippen LogP contribution in [-0.4, -0.2) is 24.3 Å². The van der Waals surface area contributed by atoms with Crippen molar-refractivity contribution in [1.29, 1.82) is 0 Å². The minimum atomic E-state index is -1.04. The van der Waals surface area contributed by atoms with Gasteiger partial charge in [-0.25, -0.2) is 4.79 Å². The largest absolute Gasteiger partial charge is 0.490 e. The highest BCUT2D eigenvalue weighted by atomic mass is 35.5. The fraction of sp³-hybridized carbons (Fsp3) is 0.0571. The van der Waals surface area contributed by atoms with Crippen molar-refractivity contribution in [3.63, 3.8) is 0 Å². The number of halogens is 4. The zero-order chi connectivity index (χ0) is 30.3. The summed E-state index contributed by atoms with van der Waals surface area (Å²) in [5.74, 6) is 0.0413. The maximum Gasteiger partial charge on any atom is 0.341 e. The summed E-state index contributed by atoms with van der Waals surface area (Å²) in [6, 6.07) is 34.1. The van der Waals surface area contributed by atoms with Crippen LogP contribution in [0, 0.1) is 0 Å². The molecule has 4 nitrogen and oxygen atoms in total. The van der Waals surface area contributed by atoms with Gasteiger partial charge in [-0.2, -0.15) is 0 Å². The summed E-state index contributed by atoms with van der Waals surface area (Å²) in [5, 5.41) is 11.1. The van der Waals surface area contributed by atoms with Crippen LogP contribution in [0.2, 0.25) is 20.1 Å². The minimum Gasteiger partial charge on any atom is -0.490 e. The van der Waals surface area contributed by atoms with Crippen LogP contribution in [0.5, 0.6) is 11.5 Å². The third kappa shape index (κ3) is 8.34. The minimum absolute atomic E-state index is 0.294. The third-order valence-corrected chi connectivity index (χ3v) is 7.38. The second-order valence-electron chi connectivity index (χ2n) is 9.55. The van der Waals surface area contributed by atoms with E-state index in [0.29, 0.717) is 38.2 Å². The van der Waals surface area contributed by atoms with Gasteiger partial charge in [0.1, 0.15) is 18.1 Å². The lowest BCUT2D eigenvalue weighted by Crippen LogP contribution is -2.09. The molecule has 0 bridgehead atoms. The van der Waals surface area contributed by atoms with E-state index in [9.17, 15) is 4.79 Å². The molecule has 43 heavy (non-hydrogen) atoms. The van der Waals surface area contributed by atoms with Gasteiger partial charge in [-0.1, -0.05) is 94.9 Å². The Bertz CT molecular complexity index is 1630. The predicted molar refractivity (Wildman–Crippen MR) is 176 cm³/mol. The summed E-state index contributed by atoms with van der Waals surface area (Å²) in [4.78, 5) is 10.7. The van der Waals surface area contributed by atoms with Crippen molar-refractivity contribution in [2.75, 3.05) is 13.2 Å². The first kappa shape index (κ1) is 30.5. The molecule has 5 aromatic carbocycles. The van der Waals surface area contributed by atoms with Crippen LogP contribution in [0.15, 0.2) is 115 Å². The predicted octanol–water partition coefficient (Wildman–Crippen LogP) is 10.6. The molecule has 0 unspecified atom stereocenters. The Labute approximate surface area is 269 Å². The second-order valence-corrected chi connectivity index (χ2v) is 11.3. The molecule has 0 heterocycles. The summed E-state index contributed by atoms with van der Waals surface area (Å²) >= 11 is 24.9. The van der Waals surface area contributed by atoms with Gasteiger partial charge in [0.25, 0.3) is 0 Å². The van der Waals surface area contributed by atoms with E-state index in [1.807, 2.05) is 54.6 Å². The van der Waals surface area contributed by atoms with Crippen molar-refractivity contribution < 1.29 is 19.4 Å². The molecule has 5 rings (SSSR count).